The monoisotopic (exact) mass is 464 g/mol. The Morgan fingerprint density at radius 3 is 1.21 bits per heavy atom. The summed E-state index contributed by atoms with van der Waals surface area (Å²) >= 11 is 0. The molecule has 28 heavy (non-hydrogen) atoms. The summed E-state index contributed by atoms with van der Waals surface area (Å²) in [4.78, 5) is 1.23. The molecule has 0 spiro atoms. The first-order valence-corrected chi connectivity index (χ1v) is 5.89. The fourth-order valence-corrected chi connectivity index (χ4v) is 1.20. The zero-order valence-electron chi connectivity index (χ0n) is 12.2. The van der Waals surface area contributed by atoms with E-state index in [1.54, 1.807) is 0 Å². The van der Waals surface area contributed by atoms with Crippen LogP contribution in [0.15, 0.2) is 0 Å². The Hall–Kier alpha value is -1.24. The summed E-state index contributed by atoms with van der Waals surface area (Å²) in [5.41, 5.74) is -6.74. The highest BCUT2D eigenvalue weighted by Crippen LogP contribution is 2.51. The van der Waals surface area contributed by atoms with Crippen LogP contribution in [-0.4, -0.2) is 55.5 Å². The molecule has 19 heteroatoms. The molecular weight excluding hydrogens is 460 g/mol. The Bertz CT molecular complexity index is 523. The van der Waals surface area contributed by atoms with E-state index < -0.39 is 55.5 Å². The number of rotatable bonds is 8. The van der Waals surface area contributed by atoms with Crippen LogP contribution in [0.25, 0.3) is 0 Å². The highest BCUT2D eigenvalue weighted by molar-refractivity contribution is 4.97. The average molecular weight is 464 g/mol. The second-order valence-electron chi connectivity index (χ2n) is 4.70. The fourth-order valence-electron chi connectivity index (χ4n) is 1.20. The zero-order chi connectivity index (χ0) is 23.0. The van der Waals surface area contributed by atoms with Crippen molar-refractivity contribution in [1.29, 1.82) is 0 Å². The van der Waals surface area contributed by atoms with Gasteiger partial charge in [-0.2, -0.15) is 61.5 Å². The Morgan fingerprint density at radius 1 is 0.500 bits per heavy atom. The van der Waals surface area contributed by atoms with Gasteiger partial charge in [0.15, 0.2) is 0 Å². The van der Waals surface area contributed by atoms with Crippen molar-refractivity contribution in [3.63, 3.8) is 0 Å². The third kappa shape index (κ3) is 5.22. The molecule has 0 rings (SSSR count). The summed E-state index contributed by atoms with van der Waals surface area (Å²) in [6.07, 6.45) is -33.8. The van der Waals surface area contributed by atoms with E-state index in [4.69, 9.17) is 0 Å². The molecule has 0 aromatic carbocycles. The van der Waals surface area contributed by atoms with E-state index in [-0.39, 0.29) is 0 Å². The van der Waals surface area contributed by atoms with Crippen molar-refractivity contribution in [1.82, 2.24) is 0 Å². The predicted molar refractivity (Wildman–Crippen MR) is 49.8 cm³/mol. The molecule has 3 nitrogen and oxygen atoms in total. The molecule has 0 aliphatic heterocycles. The predicted octanol–water partition coefficient (Wildman–Crippen LogP) is 5.17. The molecule has 0 radical (unpaired) electrons. The van der Waals surface area contributed by atoms with Gasteiger partial charge in [-0.1, -0.05) is 0 Å². The maximum Gasteiger partial charge on any atom is 0.458 e. The molecule has 2 unspecified atom stereocenters. The van der Waals surface area contributed by atoms with Gasteiger partial charge in [0.05, 0.1) is 0 Å². The van der Waals surface area contributed by atoms with Crippen LogP contribution in [0.5, 0.6) is 0 Å². The van der Waals surface area contributed by atoms with Crippen LogP contribution in [0.2, 0.25) is 0 Å². The highest BCUT2D eigenvalue weighted by atomic mass is 19.4. The first kappa shape index (κ1) is 26.8. The van der Waals surface area contributed by atoms with Crippen molar-refractivity contribution < 1.29 is 84.8 Å². The largest absolute Gasteiger partial charge is 0.458 e. The normalized spacial score (nSPS) is 19.3. The van der Waals surface area contributed by atoms with Gasteiger partial charge in [0.1, 0.15) is 13.2 Å². The lowest BCUT2D eigenvalue weighted by atomic mass is 10.1. The standard InChI is InChI=1S/C9H4F16O3/c10-3(6(15,16)17,8(21,22)27-2-4(11,12)13)1-26-5(14,7(18,19)20)9(23,24)28-25/h1-2H2. The van der Waals surface area contributed by atoms with Crippen LogP contribution in [0.4, 0.5) is 70.4 Å². The van der Waals surface area contributed by atoms with Gasteiger partial charge < -0.3 is 9.47 Å². The van der Waals surface area contributed by atoms with E-state index in [1.807, 2.05) is 0 Å². The Labute approximate surface area is 142 Å². The van der Waals surface area contributed by atoms with E-state index >= 15 is 0 Å². The summed E-state index contributed by atoms with van der Waals surface area (Å²) in [7, 11) is 0. The molecule has 0 aromatic heterocycles. The van der Waals surface area contributed by atoms with Crippen LogP contribution >= 0.6 is 0 Å². The van der Waals surface area contributed by atoms with E-state index in [0.717, 1.165) is 0 Å². The second-order valence-corrected chi connectivity index (χ2v) is 4.70. The molecule has 0 amide bonds. The van der Waals surface area contributed by atoms with E-state index in [9.17, 15) is 70.4 Å². The van der Waals surface area contributed by atoms with E-state index in [1.165, 1.54) is 4.94 Å². The summed E-state index contributed by atoms with van der Waals surface area (Å²) < 4.78 is 204. The molecule has 0 heterocycles. The first-order valence-electron chi connectivity index (χ1n) is 5.89. The molecule has 0 bridgehead atoms. The molecule has 0 N–H and O–H groups in total. The number of hydrogen-bond donors (Lipinski definition) is 0. The maximum atomic E-state index is 13.7. The second kappa shape index (κ2) is 7.54. The molecule has 0 aliphatic carbocycles. The SMILES string of the molecule is FOC(F)(F)C(F)(OCC(F)(C(F)(F)F)C(F)(F)OCC(F)(F)F)C(F)(F)F. The average Bonchev–Trinajstić information content (AvgIpc) is 2.46. The van der Waals surface area contributed by atoms with Crippen LogP contribution in [0.3, 0.4) is 0 Å². The van der Waals surface area contributed by atoms with Gasteiger partial charge in [0, 0.05) is 0 Å². The first-order chi connectivity index (χ1) is 12.0. The lowest BCUT2D eigenvalue weighted by molar-refractivity contribution is -0.506. The minimum absolute atomic E-state index is 1.23. The molecule has 0 saturated carbocycles. The number of ether oxygens (including phenoxy) is 2. The van der Waals surface area contributed by atoms with Crippen LogP contribution in [-0.2, 0) is 14.4 Å². The summed E-state index contributed by atoms with van der Waals surface area (Å²) in [6.45, 7) is -7.36. The van der Waals surface area contributed by atoms with Gasteiger partial charge in [0.25, 0.3) is 0 Å². The van der Waals surface area contributed by atoms with Crippen molar-refractivity contribution in [2.75, 3.05) is 13.2 Å². The van der Waals surface area contributed by atoms with Crippen molar-refractivity contribution in [2.24, 2.45) is 0 Å². The topological polar surface area (TPSA) is 27.7 Å². The molecule has 0 aromatic rings. The minimum atomic E-state index is -7.21. The Morgan fingerprint density at radius 2 is 0.929 bits per heavy atom. The maximum absolute atomic E-state index is 13.7. The van der Waals surface area contributed by atoms with Crippen molar-refractivity contribution >= 4 is 0 Å². The molecule has 170 valence electrons. The number of alkyl halides is 15. The van der Waals surface area contributed by atoms with Crippen molar-refractivity contribution in [3.8, 4) is 0 Å². The zero-order valence-corrected chi connectivity index (χ0v) is 12.2. The smallest absolute Gasteiger partial charge is 0.328 e. The van der Waals surface area contributed by atoms with Crippen LogP contribution in [0.1, 0.15) is 0 Å². The summed E-state index contributed by atoms with van der Waals surface area (Å²) in [5.74, 6) is -6.97. The highest BCUT2D eigenvalue weighted by Gasteiger charge is 2.79. The quantitative estimate of drug-likeness (QED) is 0.465. The summed E-state index contributed by atoms with van der Waals surface area (Å²) in [6, 6.07) is 0. The van der Waals surface area contributed by atoms with E-state index in [2.05, 4.69) is 9.47 Å². The lowest BCUT2D eigenvalue weighted by Crippen LogP contribution is -2.64. The van der Waals surface area contributed by atoms with Gasteiger partial charge in [-0.05, 0) is 4.53 Å². The van der Waals surface area contributed by atoms with Gasteiger partial charge in [-0.25, -0.2) is 4.39 Å². The molecule has 0 fully saturated rings. The third-order valence-electron chi connectivity index (χ3n) is 2.63. The van der Waals surface area contributed by atoms with Gasteiger partial charge in [0.2, 0.25) is 0 Å². The van der Waals surface area contributed by atoms with Gasteiger partial charge in [-0.3, -0.25) is 0 Å². The van der Waals surface area contributed by atoms with E-state index in [0.29, 0.717) is 0 Å². The third-order valence-corrected chi connectivity index (χ3v) is 2.63. The Balaban J connectivity index is 6.02. The van der Waals surface area contributed by atoms with Crippen molar-refractivity contribution in [3.05, 3.63) is 0 Å². The number of halogens is 16. The van der Waals surface area contributed by atoms with Crippen LogP contribution in [0, 0.1) is 0 Å². The molecular formula is C9H4F16O3. The Kier molecular flexibility index (Phi) is 7.21. The lowest BCUT2D eigenvalue weighted by Gasteiger charge is -2.37. The molecule has 0 saturated heterocycles. The van der Waals surface area contributed by atoms with Crippen LogP contribution < -0.4 is 0 Å². The fraction of sp³-hybridized carbons (Fsp3) is 1.00. The van der Waals surface area contributed by atoms with Gasteiger partial charge in [-0.15, -0.1) is 4.94 Å². The summed E-state index contributed by atoms with van der Waals surface area (Å²) in [5, 5.41) is 0. The van der Waals surface area contributed by atoms with Crippen molar-refractivity contribution in [2.45, 2.75) is 42.3 Å². The molecule has 0 aliphatic rings. The number of hydrogen-bond acceptors (Lipinski definition) is 3. The molecule has 2 atom stereocenters. The minimum Gasteiger partial charge on any atom is -0.328 e. The van der Waals surface area contributed by atoms with Gasteiger partial charge >= 0.3 is 42.3 Å².